The molecule has 4 nitrogen and oxygen atoms in total. The molecule has 1 aliphatic heterocycles. The Hall–Kier alpha value is -0.610. The topological polar surface area (TPSA) is 52.6 Å². The minimum Gasteiger partial charge on any atom is -0.388 e. The van der Waals surface area contributed by atoms with Crippen molar-refractivity contribution < 1.29 is 9.90 Å². The predicted molar refractivity (Wildman–Crippen MR) is 80.5 cm³/mol. The molecule has 1 saturated heterocycles. The molecule has 0 radical (unpaired) electrons. The first-order chi connectivity index (χ1) is 9.39. The summed E-state index contributed by atoms with van der Waals surface area (Å²) in [6.45, 7) is 7.66. The van der Waals surface area contributed by atoms with E-state index in [0.717, 1.165) is 38.6 Å². The number of hydrogen-bond acceptors (Lipinski definition) is 3. The highest BCUT2D eigenvalue weighted by Crippen LogP contribution is 2.33. The highest BCUT2D eigenvalue weighted by molar-refractivity contribution is 5.82. The van der Waals surface area contributed by atoms with Gasteiger partial charge in [0.2, 0.25) is 5.91 Å². The molecular weight excluding hydrogens is 252 g/mol. The van der Waals surface area contributed by atoms with E-state index < -0.39 is 5.60 Å². The predicted octanol–water partition coefficient (Wildman–Crippen LogP) is 1.92. The van der Waals surface area contributed by atoms with Gasteiger partial charge in [0.05, 0.1) is 11.6 Å². The Kier molecular flexibility index (Phi) is 5.08. The lowest BCUT2D eigenvalue weighted by atomic mass is 9.78. The minimum absolute atomic E-state index is 0.0617. The Morgan fingerprint density at radius 1 is 1.40 bits per heavy atom. The molecule has 3 unspecified atom stereocenters. The second kappa shape index (κ2) is 6.44. The van der Waals surface area contributed by atoms with Gasteiger partial charge >= 0.3 is 0 Å². The largest absolute Gasteiger partial charge is 0.388 e. The Morgan fingerprint density at radius 3 is 2.80 bits per heavy atom. The van der Waals surface area contributed by atoms with Crippen LogP contribution in [0.25, 0.3) is 0 Å². The summed E-state index contributed by atoms with van der Waals surface area (Å²) in [6, 6.07) is 0.259. The summed E-state index contributed by atoms with van der Waals surface area (Å²) in [5.74, 6) is 0.745. The van der Waals surface area contributed by atoms with Crippen LogP contribution >= 0.6 is 0 Å². The number of amides is 1. The molecule has 0 aromatic heterocycles. The molecular formula is C16H30N2O2. The second-order valence-corrected chi connectivity index (χ2v) is 7.20. The number of hydrogen-bond donors (Lipinski definition) is 2. The molecule has 2 N–H and O–H groups in total. The third-order valence-corrected chi connectivity index (χ3v) is 4.62. The van der Waals surface area contributed by atoms with E-state index in [4.69, 9.17) is 0 Å². The van der Waals surface area contributed by atoms with Crippen molar-refractivity contribution in [3.8, 4) is 0 Å². The summed E-state index contributed by atoms with van der Waals surface area (Å²) in [7, 11) is 0. The fraction of sp³-hybridized carbons (Fsp3) is 0.938. The van der Waals surface area contributed by atoms with Crippen molar-refractivity contribution in [1.29, 1.82) is 0 Å². The zero-order valence-corrected chi connectivity index (χ0v) is 13.2. The van der Waals surface area contributed by atoms with Gasteiger partial charge < -0.3 is 15.3 Å². The van der Waals surface area contributed by atoms with E-state index in [1.165, 1.54) is 6.42 Å². The number of nitrogens with zero attached hydrogens (tertiary/aromatic N) is 1. The van der Waals surface area contributed by atoms with Crippen molar-refractivity contribution in [1.82, 2.24) is 10.2 Å². The van der Waals surface area contributed by atoms with Crippen LogP contribution in [-0.2, 0) is 4.79 Å². The lowest BCUT2D eigenvalue weighted by Crippen LogP contribution is -2.56. The van der Waals surface area contributed by atoms with Gasteiger partial charge in [-0.05, 0) is 31.6 Å². The van der Waals surface area contributed by atoms with Gasteiger partial charge in [-0.15, -0.1) is 0 Å². The van der Waals surface area contributed by atoms with Crippen molar-refractivity contribution in [2.45, 2.75) is 77.0 Å². The molecule has 1 aliphatic carbocycles. The molecule has 1 amide bonds. The van der Waals surface area contributed by atoms with Gasteiger partial charge in [-0.2, -0.15) is 0 Å². The summed E-state index contributed by atoms with van der Waals surface area (Å²) in [4.78, 5) is 14.4. The Bertz CT molecular complexity index is 345. The van der Waals surface area contributed by atoms with Gasteiger partial charge in [0.15, 0.2) is 0 Å². The third-order valence-electron chi connectivity index (χ3n) is 4.62. The van der Waals surface area contributed by atoms with E-state index in [1.54, 1.807) is 0 Å². The average molecular weight is 282 g/mol. The van der Waals surface area contributed by atoms with Gasteiger partial charge in [0.25, 0.3) is 0 Å². The number of rotatable bonds is 4. The molecule has 0 aromatic carbocycles. The first-order valence-corrected chi connectivity index (χ1v) is 8.17. The van der Waals surface area contributed by atoms with Gasteiger partial charge in [-0.3, -0.25) is 4.79 Å². The standard InChI is InChI=1S/C16H30N2O2/c1-12(2)17-14-7-5-9-18(15(14)19)11-16(20)8-4-6-13(3)10-16/h12-14,17,20H,4-11H2,1-3H3. The molecule has 116 valence electrons. The summed E-state index contributed by atoms with van der Waals surface area (Å²) in [6.07, 6.45) is 5.90. The Morgan fingerprint density at radius 2 is 2.15 bits per heavy atom. The quantitative estimate of drug-likeness (QED) is 0.828. The molecule has 0 aromatic rings. The van der Waals surface area contributed by atoms with Gasteiger partial charge in [0, 0.05) is 19.1 Å². The van der Waals surface area contributed by atoms with E-state index in [2.05, 4.69) is 26.1 Å². The second-order valence-electron chi connectivity index (χ2n) is 7.20. The van der Waals surface area contributed by atoms with Crippen LogP contribution in [0.3, 0.4) is 0 Å². The number of piperidine rings is 1. The monoisotopic (exact) mass is 282 g/mol. The summed E-state index contributed by atoms with van der Waals surface area (Å²) < 4.78 is 0. The van der Waals surface area contributed by atoms with Crippen LogP contribution in [0.2, 0.25) is 0 Å². The van der Waals surface area contributed by atoms with E-state index in [0.29, 0.717) is 18.5 Å². The van der Waals surface area contributed by atoms with Crippen molar-refractivity contribution in [3.05, 3.63) is 0 Å². The van der Waals surface area contributed by atoms with Crippen LogP contribution in [0.4, 0.5) is 0 Å². The van der Waals surface area contributed by atoms with Crippen LogP contribution in [0.5, 0.6) is 0 Å². The molecule has 4 heteroatoms. The SMILES string of the molecule is CC1CCCC(O)(CN2CCCC(NC(C)C)C2=O)C1. The molecule has 3 atom stereocenters. The summed E-state index contributed by atoms with van der Waals surface area (Å²) in [5, 5.41) is 14.1. The maximum Gasteiger partial charge on any atom is 0.239 e. The van der Waals surface area contributed by atoms with Crippen molar-refractivity contribution in [2.75, 3.05) is 13.1 Å². The van der Waals surface area contributed by atoms with E-state index >= 15 is 0 Å². The fourth-order valence-corrected chi connectivity index (χ4v) is 3.79. The number of likely N-dealkylation sites (tertiary alicyclic amines) is 1. The number of nitrogens with one attached hydrogen (secondary N) is 1. The molecule has 1 heterocycles. The molecule has 2 aliphatic rings. The van der Waals surface area contributed by atoms with Crippen LogP contribution in [0.15, 0.2) is 0 Å². The zero-order chi connectivity index (χ0) is 14.8. The van der Waals surface area contributed by atoms with Crippen molar-refractivity contribution in [2.24, 2.45) is 5.92 Å². The van der Waals surface area contributed by atoms with Crippen molar-refractivity contribution >= 4 is 5.91 Å². The van der Waals surface area contributed by atoms with Crippen LogP contribution < -0.4 is 5.32 Å². The lowest BCUT2D eigenvalue weighted by molar-refractivity contribution is -0.141. The first-order valence-electron chi connectivity index (χ1n) is 8.17. The average Bonchev–Trinajstić information content (AvgIpc) is 2.33. The number of β-amino-alcohol motifs (C(OH)–C–C–N with tert-alkyl or cyclic N) is 1. The van der Waals surface area contributed by atoms with Crippen LogP contribution in [0, 0.1) is 5.92 Å². The van der Waals surface area contributed by atoms with Crippen LogP contribution in [0.1, 0.15) is 59.3 Å². The van der Waals surface area contributed by atoms with Gasteiger partial charge in [0.1, 0.15) is 0 Å². The maximum atomic E-state index is 12.5. The Balaban J connectivity index is 1.95. The van der Waals surface area contributed by atoms with E-state index in [1.807, 2.05) is 4.90 Å². The maximum absolute atomic E-state index is 12.5. The highest BCUT2D eigenvalue weighted by atomic mass is 16.3. The number of aliphatic hydroxyl groups is 1. The van der Waals surface area contributed by atoms with E-state index in [-0.39, 0.29) is 11.9 Å². The van der Waals surface area contributed by atoms with Gasteiger partial charge in [-0.1, -0.05) is 33.6 Å². The minimum atomic E-state index is -0.660. The smallest absolute Gasteiger partial charge is 0.239 e. The number of carbonyl (C=O) groups excluding carboxylic acids is 1. The van der Waals surface area contributed by atoms with E-state index in [9.17, 15) is 9.90 Å². The summed E-state index contributed by atoms with van der Waals surface area (Å²) in [5.41, 5.74) is -0.660. The molecule has 2 fully saturated rings. The normalized spacial score (nSPS) is 35.6. The zero-order valence-electron chi connectivity index (χ0n) is 13.2. The van der Waals surface area contributed by atoms with Gasteiger partial charge in [-0.25, -0.2) is 0 Å². The first kappa shape index (κ1) is 15.8. The number of carbonyl (C=O) groups is 1. The van der Waals surface area contributed by atoms with Crippen LogP contribution in [-0.4, -0.2) is 46.7 Å². The third kappa shape index (κ3) is 3.95. The lowest BCUT2D eigenvalue weighted by Gasteiger charge is -2.42. The van der Waals surface area contributed by atoms with Crippen molar-refractivity contribution in [3.63, 3.8) is 0 Å². The molecule has 1 saturated carbocycles. The fourth-order valence-electron chi connectivity index (χ4n) is 3.79. The summed E-state index contributed by atoms with van der Waals surface area (Å²) >= 11 is 0. The Labute approximate surface area is 122 Å². The molecule has 0 spiro atoms. The molecule has 0 bridgehead atoms. The molecule has 2 rings (SSSR count). The highest BCUT2D eigenvalue weighted by Gasteiger charge is 2.38. The molecule has 20 heavy (non-hydrogen) atoms.